The number of nitrogens with zero attached hydrogens (tertiary/aromatic N) is 5. The van der Waals surface area contributed by atoms with Gasteiger partial charge in [-0.15, -0.1) is 11.3 Å². The summed E-state index contributed by atoms with van der Waals surface area (Å²) in [6, 6.07) is 6.55. The number of ether oxygens (including phenoxy) is 2. The Balaban J connectivity index is 1.63. The molecule has 4 N–H and O–H groups in total. The van der Waals surface area contributed by atoms with E-state index >= 15 is 4.39 Å². The van der Waals surface area contributed by atoms with Gasteiger partial charge in [-0.2, -0.15) is 15.2 Å². The fourth-order valence-corrected chi connectivity index (χ4v) is 7.00. The first kappa shape index (κ1) is 29.5. The van der Waals surface area contributed by atoms with E-state index in [-0.39, 0.29) is 77.7 Å². The van der Waals surface area contributed by atoms with Gasteiger partial charge in [0, 0.05) is 36.5 Å². The molecule has 0 amide bonds. The summed E-state index contributed by atoms with van der Waals surface area (Å²) in [6.45, 7) is -0.200. The Kier molecular flexibility index (Phi) is 7.46. The maximum absolute atomic E-state index is 16.7. The minimum absolute atomic E-state index is 0.0285. The molecule has 4 heterocycles. The molecule has 226 valence electrons. The molecule has 5 aromatic rings. The zero-order chi connectivity index (χ0) is 31.4. The van der Waals surface area contributed by atoms with Crippen molar-refractivity contribution in [1.29, 1.82) is 5.26 Å². The number of rotatable bonds is 6. The predicted octanol–water partition coefficient (Wildman–Crippen LogP) is 6.52. The number of halogens is 5. The standard InChI is InChI=1S/C29H22ClF4N7O2S/c1-41-16(13(8-17(32)33)11-4-3-7-38-26(11)36)10-43-24-20-23(39-29(42-2)40-28(20)41)22(34)19(21(24)30)12-5-6-15(31)25-18(12)14(9-35)27(37)44-25/h3-7,13,16-17H,8,10,37H2,1-2H3,(H2,36,38)/t13-,16?/m1/s1. The highest BCUT2D eigenvalue weighted by Crippen LogP contribution is 2.51. The molecule has 0 saturated heterocycles. The molecule has 0 bridgehead atoms. The highest BCUT2D eigenvalue weighted by Gasteiger charge is 2.38. The van der Waals surface area contributed by atoms with Crippen molar-refractivity contribution in [3.63, 3.8) is 0 Å². The summed E-state index contributed by atoms with van der Waals surface area (Å²) >= 11 is 7.75. The van der Waals surface area contributed by atoms with E-state index < -0.39 is 36.4 Å². The second-order valence-corrected chi connectivity index (χ2v) is 11.5. The van der Waals surface area contributed by atoms with Gasteiger partial charge in [0.05, 0.1) is 33.8 Å². The SMILES string of the molecule is COc1nc2c3c(c(Cl)c(-c4ccc(F)c5sc(N)c(C#N)c45)c(F)c3n1)OCC([C@H](CC(F)F)c1cccnc1N)N2C. The van der Waals surface area contributed by atoms with Crippen molar-refractivity contribution in [2.75, 3.05) is 37.1 Å². The van der Waals surface area contributed by atoms with Crippen molar-refractivity contribution in [3.05, 3.63) is 58.2 Å². The van der Waals surface area contributed by atoms with E-state index in [2.05, 4.69) is 15.0 Å². The van der Waals surface area contributed by atoms with Gasteiger partial charge in [-0.1, -0.05) is 23.7 Å². The first-order chi connectivity index (χ1) is 21.1. The lowest BCUT2D eigenvalue weighted by Gasteiger charge is -2.34. The van der Waals surface area contributed by atoms with Crippen LogP contribution in [0.3, 0.4) is 0 Å². The van der Waals surface area contributed by atoms with Crippen LogP contribution in [0.4, 0.5) is 34.2 Å². The van der Waals surface area contributed by atoms with E-state index in [1.165, 1.54) is 19.4 Å². The summed E-state index contributed by atoms with van der Waals surface area (Å²) in [4.78, 5) is 14.4. The van der Waals surface area contributed by atoms with Crippen LogP contribution in [-0.4, -0.2) is 48.2 Å². The summed E-state index contributed by atoms with van der Waals surface area (Å²) in [6.07, 6.45) is -1.84. The zero-order valence-corrected chi connectivity index (χ0v) is 24.6. The van der Waals surface area contributed by atoms with Gasteiger partial charge in [-0.05, 0) is 23.3 Å². The van der Waals surface area contributed by atoms with Gasteiger partial charge >= 0.3 is 6.01 Å². The number of hydrogen-bond acceptors (Lipinski definition) is 10. The van der Waals surface area contributed by atoms with E-state index in [9.17, 15) is 18.4 Å². The van der Waals surface area contributed by atoms with Gasteiger partial charge in [0.1, 0.15) is 40.6 Å². The number of thiophene rings is 1. The van der Waals surface area contributed by atoms with Gasteiger partial charge in [0.25, 0.3) is 0 Å². The lowest BCUT2D eigenvalue weighted by atomic mass is 9.88. The van der Waals surface area contributed by atoms with Gasteiger partial charge < -0.3 is 25.8 Å². The number of aromatic nitrogens is 3. The summed E-state index contributed by atoms with van der Waals surface area (Å²) in [5.74, 6) is -2.31. The number of benzene rings is 2. The molecule has 0 aliphatic carbocycles. The van der Waals surface area contributed by atoms with E-state index in [1.54, 1.807) is 24.1 Å². The van der Waals surface area contributed by atoms with Crippen LogP contribution >= 0.6 is 22.9 Å². The number of alkyl halides is 2. The molecule has 0 radical (unpaired) electrons. The highest BCUT2D eigenvalue weighted by molar-refractivity contribution is 7.23. The number of fused-ring (bicyclic) bond motifs is 1. The van der Waals surface area contributed by atoms with E-state index in [4.69, 9.17) is 32.5 Å². The number of hydrogen-bond donors (Lipinski definition) is 2. The van der Waals surface area contributed by atoms with E-state index in [0.717, 1.165) is 17.4 Å². The van der Waals surface area contributed by atoms with Crippen molar-refractivity contribution >= 4 is 60.6 Å². The largest absolute Gasteiger partial charge is 0.489 e. The Bertz CT molecular complexity index is 2000. The molecule has 15 heteroatoms. The molecule has 1 unspecified atom stereocenters. The molecule has 9 nitrogen and oxygen atoms in total. The van der Waals surface area contributed by atoms with Crippen LogP contribution < -0.4 is 25.8 Å². The maximum atomic E-state index is 16.7. The number of methoxy groups -OCH3 is 1. The Morgan fingerprint density at radius 3 is 2.68 bits per heavy atom. The Hall–Kier alpha value is -4.61. The highest BCUT2D eigenvalue weighted by atomic mass is 35.5. The molecule has 2 aromatic carbocycles. The fraction of sp³-hybridized carbons (Fsp3) is 0.241. The quantitative estimate of drug-likeness (QED) is 0.198. The lowest BCUT2D eigenvalue weighted by Crippen LogP contribution is -2.42. The minimum atomic E-state index is -2.71. The number of anilines is 3. The average Bonchev–Trinajstić information content (AvgIpc) is 3.27. The number of nitrogens with two attached hydrogens (primary N) is 2. The monoisotopic (exact) mass is 643 g/mol. The van der Waals surface area contributed by atoms with Crippen LogP contribution in [-0.2, 0) is 0 Å². The van der Waals surface area contributed by atoms with Crippen molar-refractivity contribution in [3.8, 4) is 29.0 Å². The summed E-state index contributed by atoms with van der Waals surface area (Å²) in [7, 11) is 2.90. The van der Waals surface area contributed by atoms with Gasteiger partial charge in [0.2, 0.25) is 6.43 Å². The van der Waals surface area contributed by atoms with Crippen LogP contribution in [0.25, 0.3) is 32.1 Å². The van der Waals surface area contributed by atoms with Crippen molar-refractivity contribution in [2.45, 2.75) is 24.8 Å². The predicted molar refractivity (Wildman–Crippen MR) is 161 cm³/mol. The number of pyridine rings is 1. The topological polar surface area (TPSA) is 136 Å². The van der Waals surface area contributed by atoms with E-state index in [0.29, 0.717) is 5.56 Å². The zero-order valence-electron chi connectivity index (χ0n) is 23.0. The van der Waals surface area contributed by atoms with Crippen LogP contribution in [0, 0.1) is 23.0 Å². The molecular weight excluding hydrogens is 622 g/mol. The smallest absolute Gasteiger partial charge is 0.318 e. The number of nitrogen functional groups attached to an aromatic ring is 2. The van der Waals surface area contributed by atoms with Gasteiger partial charge in [-0.3, -0.25) is 0 Å². The van der Waals surface area contributed by atoms with Gasteiger partial charge in [-0.25, -0.2) is 22.5 Å². The molecule has 44 heavy (non-hydrogen) atoms. The minimum Gasteiger partial charge on any atom is -0.489 e. The van der Waals surface area contributed by atoms with Crippen LogP contribution in [0.15, 0.2) is 30.5 Å². The van der Waals surface area contributed by atoms with Crippen LogP contribution in [0.5, 0.6) is 11.8 Å². The van der Waals surface area contributed by atoms with Crippen molar-refractivity contribution in [1.82, 2.24) is 15.0 Å². The van der Waals surface area contributed by atoms with Crippen molar-refractivity contribution in [2.24, 2.45) is 0 Å². The summed E-state index contributed by atoms with van der Waals surface area (Å²) in [5.41, 5.74) is 12.1. The average molecular weight is 644 g/mol. The Morgan fingerprint density at radius 2 is 2.00 bits per heavy atom. The third kappa shape index (κ3) is 4.54. The Morgan fingerprint density at radius 1 is 1.23 bits per heavy atom. The number of nitriles is 1. The Labute approximate surface area is 256 Å². The lowest BCUT2D eigenvalue weighted by molar-refractivity contribution is 0.118. The summed E-state index contributed by atoms with van der Waals surface area (Å²) < 4.78 is 71.0. The summed E-state index contributed by atoms with van der Waals surface area (Å²) in [5, 5.41) is 9.80. The molecule has 6 rings (SSSR count). The molecule has 1 aliphatic heterocycles. The molecule has 0 spiro atoms. The van der Waals surface area contributed by atoms with Crippen LogP contribution in [0.2, 0.25) is 5.02 Å². The third-order valence-corrected chi connectivity index (χ3v) is 9.11. The third-order valence-electron chi connectivity index (χ3n) is 7.72. The first-order valence-electron chi connectivity index (χ1n) is 13.1. The first-order valence-corrected chi connectivity index (χ1v) is 14.3. The maximum Gasteiger partial charge on any atom is 0.318 e. The number of likely N-dealkylation sites (N-methyl/N-ethyl adjacent to an activating group) is 1. The molecule has 2 atom stereocenters. The fourth-order valence-electron chi connectivity index (χ4n) is 5.71. The molecule has 1 aliphatic rings. The molecule has 0 saturated carbocycles. The van der Waals surface area contributed by atoms with E-state index in [1.807, 2.05) is 6.07 Å². The van der Waals surface area contributed by atoms with Crippen LogP contribution in [0.1, 0.15) is 23.5 Å². The second-order valence-electron chi connectivity index (χ2n) is 10.0. The molecule has 0 fully saturated rings. The second kappa shape index (κ2) is 11.1. The normalized spacial score (nSPS) is 15.3. The van der Waals surface area contributed by atoms with Crippen molar-refractivity contribution < 1.29 is 27.0 Å². The van der Waals surface area contributed by atoms with Gasteiger partial charge in [0.15, 0.2) is 11.6 Å². The molecule has 3 aromatic heterocycles. The molecular formula is C29H22ClF4N7O2S.